The molecule has 1 heterocycles. The summed E-state index contributed by atoms with van der Waals surface area (Å²) in [4.78, 5) is 3.77. The summed E-state index contributed by atoms with van der Waals surface area (Å²) >= 11 is 0. The second kappa shape index (κ2) is 38.0. The van der Waals surface area contributed by atoms with E-state index in [0.29, 0.717) is 12.0 Å². The minimum atomic E-state index is 0.618. The molecule has 0 aliphatic carbocycles. The van der Waals surface area contributed by atoms with Gasteiger partial charge in [-0.15, -0.1) is 0 Å². The first-order chi connectivity index (χ1) is 24.7. The van der Waals surface area contributed by atoms with Gasteiger partial charge < -0.3 is 0 Å². The Morgan fingerprint density at radius 1 is 0.380 bits per heavy atom. The normalized spacial score (nSPS) is 13.0. The number of H-pyrrole nitrogens is 1. The number of nitrogens with one attached hydrogen (secondary N) is 1. The average Bonchev–Trinajstić information content (AvgIpc) is 3.62. The smallest absolute Gasteiger partial charge is 0.247 e. The largest absolute Gasteiger partial charge is 0.257 e. The Morgan fingerprint density at radius 2 is 0.640 bits per heavy atom. The van der Waals surface area contributed by atoms with E-state index in [2.05, 4.69) is 49.6 Å². The first-order valence-electron chi connectivity index (χ1n) is 23.8. The van der Waals surface area contributed by atoms with Crippen LogP contribution in [0.5, 0.6) is 0 Å². The molecule has 1 rings (SSSR count). The second-order valence-electron chi connectivity index (χ2n) is 16.8. The Hall–Kier alpha value is -0.790. The van der Waals surface area contributed by atoms with Crippen LogP contribution < -0.4 is 4.57 Å². The molecule has 1 N–H and O–H groups in total. The molecule has 2 unspecified atom stereocenters. The molecule has 0 aliphatic heterocycles. The topological polar surface area (TPSA) is 19.7 Å². The number of hydrogen-bond donors (Lipinski definition) is 1. The summed E-state index contributed by atoms with van der Waals surface area (Å²) in [5.41, 5.74) is 0. The molecule has 0 saturated heterocycles. The second-order valence-corrected chi connectivity index (χ2v) is 16.8. The van der Waals surface area contributed by atoms with Gasteiger partial charge in [0.2, 0.25) is 0 Å². The monoisotopic (exact) mass is 700 g/mol. The molecule has 50 heavy (non-hydrogen) atoms. The van der Waals surface area contributed by atoms with Crippen molar-refractivity contribution in [2.24, 2.45) is 0 Å². The van der Waals surface area contributed by atoms with Gasteiger partial charge in [0, 0.05) is 0 Å². The van der Waals surface area contributed by atoms with Crippen LogP contribution in [-0.2, 0) is 0 Å². The molecule has 2 heteroatoms. The van der Waals surface area contributed by atoms with Crippen molar-refractivity contribution in [1.29, 1.82) is 0 Å². The lowest BCUT2D eigenvalue weighted by molar-refractivity contribution is -0.727. The van der Waals surface area contributed by atoms with E-state index in [-0.39, 0.29) is 0 Å². The van der Waals surface area contributed by atoms with E-state index in [1.165, 1.54) is 256 Å². The van der Waals surface area contributed by atoms with Crippen LogP contribution in [0.15, 0.2) is 12.4 Å². The maximum Gasteiger partial charge on any atom is 0.257 e. The van der Waals surface area contributed by atoms with E-state index in [4.69, 9.17) is 0 Å². The predicted octanol–water partition coefficient (Wildman–Crippen LogP) is 17.2. The van der Waals surface area contributed by atoms with Crippen molar-refractivity contribution in [2.45, 2.75) is 290 Å². The van der Waals surface area contributed by atoms with E-state index in [1.807, 2.05) is 0 Å². The lowest BCUT2D eigenvalue weighted by Gasteiger charge is -2.17. The number of unbranched alkanes of at least 4 members (excludes halogenated alkanes) is 33. The quantitative estimate of drug-likeness (QED) is 0.0518. The average molecular weight is 700 g/mol. The van der Waals surface area contributed by atoms with Crippen LogP contribution >= 0.6 is 0 Å². The van der Waals surface area contributed by atoms with Crippen molar-refractivity contribution in [3.05, 3.63) is 18.2 Å². The van der Waals surface area contributed by atoms with Gasteiger partial charge in [-0.25, -0.2) is 9.55 Å². The third-order valence-electron chi connectivity index (χ3n) is 11.9. The molecule has 2 atom stereocenters. The maximum atomic E-state index is 3.77. The van der Waals surface area contributed by atoms with Crippen molar-refractivity contribution >= 4 is 0 Å². The summed E-state index contributed by atoms with van der Waals surface area (Å²) < 4.78 is 2.64. The lowest BCUT2D eigenvalue weighted by atomic mass is 9.92. The summed E-state index contributed by atoms with van der Waals surface area (Å²) in [5.74, 6) is 2.25. The zero-order valence-corrected chi connectivity index (χ0v) is 35.3. The zero-order valence-electron chi connectivity index (χ0n) is 35.3. The minimum Gasteiger partial charge on any atom is -0.247 e. The molecule has 0 fully saturated rings. The summed E-state index contributed by atoms with van der Waals surface area (Å²) in [7, 11) is 0. The number of nitrogens with zero attached hydrogens (tertiary/aromatic N) is 1. The molecule has 0 spiro atoms. The molecule has 0 aliphatic rings. The predicted molar refractivity (Wildman–Crippen MR) is 226 cm³/mol. The number of hydrogen-bond acceptors (Lipinski definition) is 0. The molecular weight excluding hydrogens is 605 g/mol. The van der Waals surface area contributed by atoms with Gasteiger partial charge in [0.25, 0.3) is 5.82 Å². The number of imidazole rings is 1. The molecule has 0 saturated carbocycles. The van der Waals surface area contributed by atoms with E-state index in [0.717, 1.165) is 0 Å². The summed E-state index contributed by atoms with van der Waals surface area (Å²) in [6, 6.07) is 0.618. The van der Waals surface area contributed by atoms with Crippen LogP contribution in [0.4, 0.5) is 0 Å². The lowest BCUT2D eigenvalue weighted by Crippen LogP contribution is -2.41. The van der Waals surface area contributed by atoms with Crippen LogP contribution in [0.3, 0.4) is 0 Å². The van der Waals surface area contributed by atoms with Gasteiger partial charge in [-0.3, -0.25) is 0 Å². The van der Waals surface area contributed by atoms with Crippen molar-refractivity contribution in [1.82, 2.24) is 4.98 Å². The Labute approximate surface area is 316 Å². The Balaban J connectivity index is 2.29. The molecule has 1 aromatic heterocycles. The van der Waals surface area contributed by atoms with E-state index < -0.39 is 0 Å². The molecule has 0 bridgehead atoms. The van der Waals surface area contributed by atoms with Gasteiger partial charge in [-0.2, -0.15) is 0 Å². The van der Waals surface area contributed by atoms with Crippen LogP contribution in [0, 0.1) is 0 Å². The highest BCUT2D eigenvalue weighted by Gasteiger charge is 2.25. The third-order valence-corrected chi connectivity index (χ3v) is 11.9. The van der Waals surface area contributed by atoms with Crippen molar-refractivity contribution in [3.63, 3.8) is 0 Å². The Kier molecular flexibility index (Phi) is 35.8. The maximum absolute atomic E-state index is 3.77. The number of rotatable bonds is 41. The highest BCUT2D eigenvalue weighted by Crippen LogP contribution is 2.28. The zero-order chi connectivity index (χ0) is 36.0. The highest BCUT2D eigenvalue weighted by atomic mass is 15.1. The van der Waals surface area contributed by atoms with Gasteiger partial charge >= 0.3 is 0 Å². The van der Waals surface area contributed by atoms with E-state index in [1.54, 1.807) is 0 Å². The number of aromatic nitrogens is 2. The Bertz CT molecular complexity index is 768. The van der Waals surface area contributed by atoms with Crippen molar-refractivity contribution < 1.29 is 4.57 Å². The molecule has 0 aromatic carbocycles. The van der Waals surface area contributed by atoms with Gasteiger partial charge in [-0.05, 0) is 32.6 Å². The van der Waals surface area contributed by atoms with Crippen LogP contribution in [0.25, 0.3) is 0 Å². The molecule has 296 valence electrons. The minimum absolute atomic E-state index is 0.618. The SMILES string of the molecule is CCCCCCCCCCCCCCCCCCCC(CCCCCCCCCCCCCCCC)c1[nH]cc[n+]1C(C)CCCCCCC. The van der Waals surface area contributed by atoms with E-state index >= 15 is 0 Å². The van der Waals surface area contributed by atoms with Crippen molar-refractivity contribution in [3.8, 4) is 0 Å². The Morgan fingerprint density at radius 3 is 0.940 bits per heavy atom. The standard InChI is InChI=1S/C48H94N2/c1-5-8-11-14-16-18-20-22-24-25-26-28-30-32-34-37-40-43-47(48-49-44-45-50(48)46(4)41-38-35-13-10-7-3)42-39-36-33-31-29-27-23-21-19-17-15-12-9-6-2/h44-47H,5-43H2,1-4H3/p+1. The highest BCUT2D eigenvalue weighted by molar-refractivity contribution is 4.90. The van der Waals surface area contributed by atoms with Crippen LogP contribution in [-0.4, -0.2) is 4.98 Å². The molecule has 0 amide bonds. The molecular formula is C48H95N2+. The van der Waals surface area contributed by atoms with Gasteiger partial charge in [-0.1, -0.05) is 245 Å². The first-order valence-corrected chi connectivity index (χ1v) is 23.8. The van der Waals surface area contributed by atoms with Crippen LogP contribution in [0.1, 0.15) is 296 Å². The van der Waals surface area contributed by atoms with Crippen molar-refractivity contribution in [2.75, 3.05) is 0 Å². The van der Waals surface area contributed by atoms with Crippen LogP contribution in [0.2, 0.25) is 0 Å². The third kappa shape index (κ3) is 28.8. The summed E-state index contributed by atoms with van der Waals surface area (Å²) in [5, 5.41) is 0. The molecule has 2 nitrogen and oxygen atoms in total. The van der Waals surface area contributed by atoms with E-state index in [9.17, 15) is 0 Å². The fourth-order valence-corrected chi connectivity index (χ4v) is 8.37. The van der Waals surface area contributed by atoms with Gasteiger partial charge in [0.15, 0.2) is 0 Å². The first kappa shape index (κ1) is 47.2. The molecule has 1 aromatic rings. The fourth-order valence-electron chi connectivity index (χ4n) is 8.37. The van der Waals surface area contributed by atoms with Gasteiger partial charge in [0.1, 0.15) is 12.4 Å². The van der Waals surface area contributed by atoms with Gasteiger partial charge in [0.05, 0.1) is 12.0 Å². The summed E-state index contributed by atoms with van der Waals surface area (Å²) in [6.07, 6.45) is 60.6. The number of aromatic amines is 1. The fraction of sp³-hybridized carbons (Fsp3) is 0.938. The molecule has 0 radical (unpaired) electrons. The summed E-state index contributed by atoms with van der Waals surface area (Å²) in [6.45, 7) is 9.42.